The van der Waals surface area contributed by atoms with E-state index in [-0.39, 0.29) is 5.91 Å². The summed E-state index contributed by atoms with van der Waals surface area (Å²) in [6.07, 6.45) is 11.4. The number of Topliss-reactive ketones (excluding diaryl/α,β-unsaturated/α-hetero) is 1. The number of carbonyl (C=O) groups excluding carboxylic acids is 2. The highest BCUT2D eigenvalue weighted by Crippen LogP contribution is 2.10. The Morgan fingerprint density at radius 2 is 1.05 bits per heavy atom. The zero-order valence-electron chi connectivity index (χ0n) is 12.2. The molecule has 19 heavy (non-hydrogen) atoms. The molecule has 0 rings (SSSR count). The summed E-state index contributed by atoms with van der Waals surface area (Å²) in [4.78, 5) is 22.1. The molecule has 0 fully saturated rings. The number of hydrogen-bond donors (Lipinski definition) is 2. The maximum atomic E-state index is 11.6. The fraction of sp³-hybridized carbons (Fsp3) is 0.867. The fourth-order valence-corrected chi connectivity index (χ4v) is 2.10. The minimum atomic E-state index is -0.218. The van der Waals surface area contributed by atoms with Gasteiger partial charge in [0.2, 0.25) is 5.91 Å². The molecule has 0 saturated heterocycles. The van der Waals surface area contributed by atoms with Crippen molar-refractivity contribution in [3.8, 4) is 0 Å². The van der Waals surface area contributed by atoms with Crippen LogP contribution >= 0.6 is 0 Å². The molecule has 0 spiro atoms. The first-order valence-corrected chi connectivity index (χ1v) is 7.67. The number of unbranched alkanes of at least 4 members (excludes halogenated alkanes) is 7. The Labute approximate surface area is 117 Å². The molecule has 112 valence electrons. The Kier molecular flexibility index (Phi) is 12.9. The van der Waals surface area contributed by atoms with Gasteiger partial charge in [0, 0.05) is 19.3 Å². The van der Waals surface area contributed by atoms with Crippen LogP contribution in [0.3, 0.4) is 0 Å². The second kappa shape index (κ2) is 13.5. The zero-order chi connectivity index (χ0) is 14.3. The molecule has 0 atom stereocenters. The minimum absolute atomic E-state index is 0.218. The first-order chi connectivity index (χ1) is 9.16. The van der Waals surface area contributed by atoms with E-state index in [2.05, 4.69) is 0 Å². The maximum Gasteiger partial charge on any atom is 0.217 e. The molecule has 0 bridgehead atoms. The predicted octanol–water partition coefficient (Wildman–Crippen LogP) is 2.68. The molecule has 1 amide bonds. The van der Waals surface area contributed by atoms with Crippen molar-refractivity contribution in [3.05, 3.63) is 0 Å². The van der Waals surface area contributed by atoms with Crippen molar-refractivity contribution in [2.75, 3.05) is 6.54 Å². The van der Waals surface area contributed by atoms with Gasteiger partial charge in [0.1, 0.15) is 5.78 Å². The summed E-state index contributed by atoms with van der Waals surface area (Å²) in [5.74, 6) is 0.176. The van der Waals surface area contributed by atoms with E-state index in [0.717, 1.165) is 70.8 Å². The lowest BCUT2D eigenvalue weighted by atomic mass is 10.0. The molecule has 4 nitrogen and oxygen atoms in total. The van der Waals surface area contributed by atoms with Crippen LogP contribution in [0.15, 0.2) is 0 Å². The SMILES string of the molecule is NCCCCCCC(=O)CCCCCCCC(N)=O. The number of primary amides is 1. The molecule has 0 aliphatic rings. The van der Waals surface area contributed by atoms with Gasteiger partial charge in [-0.15, -0.1) is 0 Å². The van der Waals surface area contributed by atoms with Gasteiger partial charge in [0.05, 0.1) is 0 Å². The lowest BCUT2D eigenvalue weighted by Gasteiger charge is -2.02. The van der Waals surface area contributed by atoms with Crippen molar-refractivity contribution in [2.45, 2.75) is 77.0 Å². The van der Waals surface area contributed by atoms with E-state index in [0.29, 0.717) is 18.6 Å². The van der Waals surface area contributed by atoms with Crippen LogP contribution in [-0.2, 0) is 9.59 Å². The van der Waals surface area contributed by atoms with E-state index in [1.54, 1.807) is 0 Å². The summed E-state index contributed by atoms with van der Waals surface area (Å²) >= 11 is 0. The Morgan fingerprint density at radius 3 is 1.53 bits per heavy atom. The van der Waals surface area contributed by atoms with Crippen LogP contribution in [0.5, 0.6) is 0 Å². The molecule has 0 aromatic carbocycles. The minimum Gasteiger partial charge on any atom is -0.370 e. The van der Waals surface area contributed by atoms with Crippen LogP contribution in [-0.4, -0.2) is 18.2 Å². The van der Waals surface area contributed by atoms with Gasteiger partial charge in [-0.25, -0.2) is 0 Å². The molecule has 0 aliphatic heterocycles. The van der Waals surface area contributed by atoms with Gasteiger partial charge in [-0.1, -0.05) is 32.1 Å². The molecule has 0 aromatic heterocycles. The van der Waals surface area contributed by atoms with Crippen molar-refractivity contribution < 1.29 is 9.59 Å². The van der Waals surface area contributed by atoms with Gasteiger partial charge in [-0.2, -0.15) is 0 Å². The third kappa shape index (κ3) is 15.0. The number of nitrogens with two attached hydrogens (primary N) is 2. The van der Waals surface area contributed by atoms with Crippen molar-refractivity contribution in [1.29, 1.82) is 0 Å². The number of hydrogen-bond acceptors (Lipinski definition) is 3. The topological polar surface area (TPSA) is 86.2 Å². The quantitative estimate of drug-likeness (QED) is 0.476. The molecular formula is C15H30N2O2. The molecule has 0 heterocycles. The molecule has 0 aliphatic carbocycles. The van der Waals surface area contributed by atoms with Gasteiger partial charge in [-0.3, -0.25) is 9.59 Å². The molecule has 4 N–H and O–H groups in total. The molecule has 0 unspecified atom stereocenters. The maximum absolute atomic E-state index is 11.6. The molecule has 0 aromatic rings. The second-order valence-electron chi connectivity index (χ2n) is 5.23. The monoisotopic (exact) mass is 270 g/mol. The molecular weight excluding hydrogens is 240 g/mol. The van der Waals surface area contributed by atoms with Crippen molar-refractivity contribution in [2.24, 2.45) is 11.5 Å². The summed E-state index contributed by atoms with van der Waals surface area (Å²) in [6, 6.07) is 0. The summed E-state index contributed by atoms with van der Waals surface area (Å²) in [7, 11) is 0. The van der Waals surface area contributed by atoms with Gasteiger partial charge in [-0.05, 0) is 32.2 Å². The zero-order valence-corrected chi connectivity index (χ0v) is 12.2. The molecule has 0 radical (unpaired) electrons. The average molecular weight is 270 g/mol. The summed E-state index contributed by atoms with van der Waals surface area (Å²) < 4.78 is 0. The standard InChI is InChI=1S/C15H30N2O2/c16-13-9-5-4-7-11-14(18)10-6-2-1-3-8-12-15(17)19/h1-13,16H2,(H2,17,19). The van der Waals surface area contributed by atoms with Gasteiger partial charge in [0.25, 0.3) is 0 Å². The highest BCUT2D eigenvalue weighted by Gasteiger charge is 2.02. The number of ketones is 1. The van der Waals surface area contributed by atoms with Crippen molar-refractivity contribution in [3.63, 3.8) is 0 Å². The van der Waals surface area contributed by atoms with Crippen molar-refractivity contribution >= 4 is 11.7 Å². The first kappa shape index (κ1) is 18.1. The Bertz CT molecular complexity index is 242. The molecule has 4 heteroatoms. The van der Waals surface area contributed by atoms with Crippen LogP contribution in [0, 0.1) is 0 Å². The van der Waals surface area contributed by atoms with Crippen LogP contribution in [0.2, 0.25) is 0 Å². The highest BCUT2D eigenvalue weighted by molar-refractivity contribution is 5.78. The van der Waals surface area contributed by atoms with E-state index in [1.165, 1.54) is 0 Å². The van der Waals surface area contributed by atoms with Gasteiger partial charge < -0.3 is 11.5 Å². The predicted molar refractivity (Wildman–Crippen MR) is 78.7 cm³/mol. The lowest BCUT2D eigenvalue weighted by Crippen LogP contribution is -2.09. The fourth-order valence-electron chi connectivity index (χ4n) is 2.10. The number of carbonyl (C=O) groups is 2. The molecule has 0 saturated carbocycles. The van der Waals surface area contributed by atoms with Crippen molar-refractivity contribution in [1.82, 2.24) is 0 Å². The lowest BCUT2D eigenvalue weighted by molar-refractivity contribution is -0.119. The summed E-state index contributed by atoms with van der Waals surface area (Å²) in [5.41, 5.74) is 10.5. The Hall–Kier alpha value is -0.900. The third-order valence-corrected chi connectivity index (χ3v) is 3.29. The van der Waals surface area contributed by atoms with Gasteiger partial charge in [0.15, 0.2) is 0 Å². The van der Waals surface area contributed by atoms with E-state index in [9.17, 15) is 9.59 Å². The Balaban J connectivity index is 3.18. The number of amides is 1. The first-order valence-electron chi connectivity index (χ1n) is 7.67. The second-order valence-corrected chi connectivity index (χ2v) is 5.23. The van der Waals surface area contributed by atoms with E-state index in [4.69, 9.17) is 11.5 Å². The smallest absolute Gasteiger partial charge is 0.217 e. The van der Waals surface area contributed by atoms with Crippen LogP contribution in [0.25, 0.3) is 0 Å². The van der Waals surface area contributed by atoms with E-state index < -0.39 is 0 Å². The van der Waals surface area contributed by atoms with Gasteiger partial charge >= 0.3 is 0 Å². The highest BCUT2D eigenvalue weighted by atomic mass is 16.1. The van der Waals surface area contributed by atoms with Crippen LogP contribution < -0.4 is 11.5 Å². The largest absolute Gasteiger partial charge is 0.370 e. The van der Waals surface area contributed by atoms with Crippen LogP contribution in [0.1, 0.15) is 77.0 Å². The van der Waals surface area contributed by atoms with E-state index >= 15 is 0 Å². The normalized spacial score (nSPS) is 10.6. The van der Waals surface area contributed by atoms with Crippen LogP contribution in [0.4, 0.5) is 0 Å². The summed E-state index contributed by atoms with van der Waals surface area (Å²) in [6.45, 7) is 0.754. The summed E-state index contributed by atoms with van der Waals surface area (Å²) in [5, 5.41) is 0. The Morgan fingerprint density at radius 1 is 0.632 bits per heavy atom. The van der Waals surface area contributed by atoms with E-state index in [1.807, 2.05) is 0 Å². The number of rotatable bonds is 14. The third-order valence-electron chi connectivity index (χ3n) is 3.29. The average Bonchev–Trinajstić information content (AvgIpc) is 2.37.